The maximum atomic E-state index is 12.5. The number of piperidine rings is 1. The first kappa shape index (κ1) is 20.3. The molecule has 6 heteroatoms. The van der Waals surface area contributed by atoms with Crippen molar-refractivity contribution < 1.29 is 14.3 Å². The molecule has 1 aliphatic heterocycles. The third kappa shape index (κ3) is 4.75. The van der Waals surface area contributed by atoms with Crippen LogP contribution in [0.5, 0.6) is 11.5 Å². The van der Waals surface area contributed by atoms with Crippen molar-refractivity contribution in [1.29, 1.82) is 0 Å². The van der Waals surface area contributed by atoms with E-state index < -0.39 is 0 Å². The fraction of sp³-hybridized carbons (Fsp3) is 0.417. The molecule has 3 aromatic rings. The van der Waals surface area contributed by atoms with Crippen LogP contribution in [0.15, 0.2) is 42.5 Å². The molecule has 1 amide bonds. The van der Waals surface area contributed by atoms with Crippen LogP contribution in [0.3, 0.4) is 0 Å². The molecule has 0 saturated carbocycles. The zero-order valence-electron chi connectivity index (χ0n) is 17.7. The number of benzene rings is 2. The molecule has 0 atom stereocenters. The fourth-order valence-corrected chi connectivity index (χ4v) is 3.98. The van der Waals surface area contributed by atoms with Gasteiger partial charge in [-0.3, -0.25) is 4.79 Å². The summed E-state index contributed by atoms with van der Waals surface area (Å²) in [6, 6.07) is 13.8. The number of imidazole rings is 1. The Morgan fingerprint density at radius 3 is 2.60 bits per heavy atom. The van der Waals surface area contributed by atoms with E-state index in [-0.39, 0.29) is 5.91 Å². The summed E-state index contributed by atoms with van der Waals surface area (Å²) < 4.78 is 10.9. The van der Waals surface area contributed by atoms with Crippen molar-refractivity contribution in [3.63, 3.8) is 0 Å². The topological polar surface area (TPSA) is 67.5 Å². The minimum absolute atomic E-state index is 0.215. The van der Waals surface area contributed by atoms with Gasteiger partial charge < -0.3 is 19.4 Å². The van der Waals surface area contributed by atoms with Crippen molar-refractivity contribution in [2.24, 2.45) is 0 Å². The summed E-state index contributed by atoms with van der Waals surface area (Å²) in [7, 11) is 1.64. The van der Waals surface area contributed by atoms with Gasteiger partial charge in [-0.1, -0.05) is 6.07 Å². The summed E-state index contributed by atoms with van der Waals surface area (Å²) in [4.78, 5) is 22.8. The van der Waals surface area contributed by atoms with E-state index in [0.29, 0.717) is 25.4 Å². The van der Waals surface area contributed by atoms with Crippen LogP contribution in [0.25, 0.3) is 11.0 Å². The van der Waals surface area contributed by atoms with Crippen molar-refractivity contribution in [2.75, 3.05) is 26.8 Å². The Morgan fingerprint density at radius 1 is 1.13 bits per heavy atom. The van der Waals surface area contributed by atoms with Gasteiger partial charge in [0.15, 0.2) is 0 Å². The van der Waals surface area contributed by atoms with E-state index >= 15 is 0 Å². The minimum Gasteiger partial charge on any atom is -0.497 e. The van der Waals surface area contributed by atoms with Crippen LogP contribution in [-0.4, -0.2) is 47.6 Å². The number of aromatic amines is 1. The van der Waals surface area contributed by atoms with Crippen molar-refractivity contribution in [3.05, 3.63) is 53.9 Å². The fourth-order valence-electron chi connectivity index (χ4n) is 3.98. The number of likely N-dealkylation sites (tertiary alicyclic amines) is 1. The molecule has 1 aliphatic rings. The van der Waals surface area contributed by atoms with Gasteiger partial charge in [0.2, 0.25) is 5.91 Å². The van der Waals surface area contributed by atoms with Crippen LogP contribution in [0.4, 0.5) is 0 Å². The zero-order chi connectivity index (χ0) is 20.9. The highest BCUT2D eigenvalue weighted by atomic mass is 16.5. The van der Waals surface area contributed by atoms with E-state index in [0.717, 1.165) is 54.3 Å². The highest BCUT2D eigenvalue weighted by Gasteiger charge is 2.25. The highest BCUT2D eigenvalue weighted by molar-refractivity contribution is 5.77. The van der Waals surface area contributed by atoms with Crippen LogP contribution in [0, 0.1) is 6.92 Å². The molecule has 1 saturated heterocycles. The van der Waals surface area contributed by atoms with Crippen molar-refractivity contribution >= 4 is 16.9 Å². The number of amides is 1. The van der Waals surface area contributed by atoms with Crippen molar-refractivity contribution in [1.82, 2.24) is 14.9 Å². The summed E-state index contributed by atoms with van der Waals surface area (Å²) >= 11 is 0. The molecule has 1 aromatic heterocycles. The third-order valence-electron chi connectivity index (χ3n) is 5.75. The molecule has 2 heterocycles. The predicted molar refractivity (Wildman–Crippen MR) is 117 cm³/mol. The molecule has 30 heavy (non-hydrogen) atoms. The van der Waals surface area contributed by atoms with E-state index in [4.69, 9.17) is 14.5 Å². The Balaban J connectivity index is 1.20. The molecular formula is C24H29N3O3. The molecule has 0 radical (unpaired) electrons. The van der Waals surface area contributed by atoms with Crippen molar-refractivity contribution in [2.45, 2.75) is 38.5 Å². The number of nitrogens with one attached hydrogen (secondary N) is 1. The van der Waals surface area contributed by atoms with Gasteiger partial charge in [0.25, 0.3) is 0 Å². The van der Waals surface area contributed by atoms with Gasteiger partial charge in [-0.05, 0) is 68.1 Å². The summed E-state index contributed by atoms with van der Waals surface area (Å²) in [5, 5.41) is 0. The standard InChI is InChI=1S/C24H29N3O3/c1-17-5-10-21-22(16-17)26-24(25-21)18-11-13-27(14-12-18)23(28)4-3-15-30-20-8-6-19(29-2)7-9-20/h5-10,16,18H,3-4,11-15H2,1-2H3,(H,25,26). The number of hydrogen-bond acceptors (Lipinski definition) is 4. The normalized spacial score (nSPS) is 14.8. The van der Waals surface area contributed by atoms with Crippen LogP contribution >= 0.6 is 0 Å². The Hall–Kier alpha value is -3.02. The number of methoxy groups -OCH3 is 1. The molecule has 1 fully saturated rings. The van der Waals surface area contributed by atoms with E-state index in [1.807, 2.05) is 29.2 Å². The Labute approximate surface area is 177 Å². The lowest BCUT2D eigenvalue weighted by atomic mass is 9.96. The molecule has 0 bridgehead atoms. The van der Waals surface area contributed by atoms with Crippen LogP contribution < -0.4 is 9.47 Å². The van der Waals surface area contributed by atoms with Crippen LogP contribution in [0.1, 0.15) is 43.0 Å². The third-order valence-corrected chi connectivity index (χ3v) is 5.75. The van der Waals surface area contributed by atoms with E-state index in [9.17, 15) is 4.79 Å². The number of carbonyl (C=O) groups excluding carboxylic acids is 1. The number of H-pyrrole nitrogens is 1. The number of nitrogens with zero attached hydrogens (tertiary/aromatic N) is 2. The van der Waals surface area contributed by atoms with Gasteiger partial charge in [0.1, 0.15) is 17.3 Å². The second-order valence-corrected chi connectivity index (χ2v) is 7.93. The van der Waals surface area contributed by atoms with Crippen molar-refractivity contribution in [3.8, 4) is 11.5 Å². The number of aryl methyl sites for hydroxylation is 1. The van der Waals surface area contributed by atoms with Crippen LogP contribution in [-0.2, 0) is 4.79 Å². The maximum absolute atomic E-state index is 12.5. The van der Waals surface area contributed by atoms with E-state index in [1.165, 1.54) is 5.56 Å². The average molecular weight is 408 g/mol. The van der Waals surface area contributed by atoms with Crippen LogP contribution in [0.2, 0.25) is 0 Å². The molecule has 1 N–H and O–H groups in total. The lowest BCUT2D eigenvalue weighted by Crippen LogP contribution is -2.38. The van der Waals surface area contributed by atoms with Gasteiger partial charge in [-0.2, -0.15) is 0 Å². The Morgan fingerprint density at radius 2 is 1.87 bits per heavy atom. The average Bonchev–Trinajstić information content (AvgIpc) is 3.20. The summed E-state index contributed by atoms with van der Waals surface area (Å²) in [5.74, 6) is 3.26. The Bertz CT molecular complexity index is 989. The monoisotopic (exact) mass is 407 g/mol. The predicted octanol–water partition coefficient (Wildman–Crippen LogP) is 4.45. The van der Waals surface area contributed by atoms with E-state index in [2.05, 4.69) is 30.1 Å². The second-order valence-electron chi connectivity index (χ2n) is 7.93. The first-order chi connectivity index (χ1) is 14.6. The lowest BCUT2D eigenvalue weighted by molar-refractivity contribution is -0.132. The SMILES string of the molecule is COc1ccc(OCCCC(=O)N2CCC(c3nc4ccc(C)cc4[nH]3)CC2)cc1. The lowest BCUT2D eigenvalue weighted by Gasteiger charge is -2.31. The largest absolute Gasteiger partial charge is 0.497 e. The number of carbonyl (C=O) groups is 1. The van der Waals surface area contributed by atoms with E-state index in [1.54, 1.807) is 7.11 Å². The number of aromatic nitrogens is 2. The molecular weight excluding hydrogens is 378 g/mol. The first-order valence-corrected chi connectivity index (χ1v) is 10.6. The molecule has 0 unspecified atom stereocenters. The molecule has 2 aromatic carbocycles. The number of fused-ring (bicyclic) bond motifs is 1. The molecule has 0 aliphatic carbocycles. The maximum Gasteiger partial charge on any atom is 0.222 e. The smallest absolute Gasteiger partial charge is 0.222 e. The quantitative estimate of drug-likeness (QED) is 0.588. The molecule has 158 valence electrons. The first-order valence-electron chi connectivity index (χ1n) is 10.6. The van der Waals surface area contributed by atoms with Gasteiger partial charge in [0.05, 0.1) is 24.8 Å². The molecule has 6 nitrogen and oxygen atoms in total. The van der Waals surface area contributed by atoms with Gasteiger partial charge in [-0.15, -0.1) is 0 Å². The number of rotatable bonds is 7. The molecule has 4 rings (SSSR count). The number of hydrogen-bond donors (Lipinski definition) is 1. The van der Waals surface area contributed by atoms with Gasteiger partial charge in [0, 0.05) is 25.4 Å². The zero-order valence-corrected chi connectivity index (χ0v) is 17.7. The summed E-state index contributed by atoms with van der Waals surface area (Å²) in [6.07, 6.45) is 3.14. The Kier molecular flexibility index (Phi) is 6.21. The van der Waals surface area contributed by atoms with Gasteiger partial charge >= 0.3 is 0 Å². The van der Waals surface area contributed by atoms with Gasteiger partial charge in [-0.25, -0.2) is 4.98 Å². The highest BCUT2D eigenvalue weighted by Crippen LogP contribution is 2.28. The second kappa shape index (κ2) is 9.20. The molecule has 0 spiro atoms. The summed E-state index contributed by atoms with van der Waals surface area (Å²) in [6.45, 7) is 4.21. The number of ether oxygens (including phenoxy) is 2. The summed E-state index contributed by atoms with van der Waals surface area (Å²) in [5.41, 5.74) is 3.35. The minimum atomic E-state index is 0.215.